The second-order valence-electron chi connectivity index (χ2n) is 21.4. The summed E-state index contributed by atoms with van der Waals surface area (Å²) in [5, 5.41) is 11.2. The number of primary amides is 1. The maximum absolute atomic E-state index is 14.8. The van der Waals surface area contributed by atoms with E-state index < -0.39 is 71.4 Å². The summed E-state index contributed by atoms with van der Waals surface area (Å²) in [7, 11) is 1.70. The van der Waals surface area contributed by atoms with Gasteiger partial charge >= 0.3 is 11.8 Å². The molecule has 0 spiro atoms. The number of aryl methyl sites for hydroxylation is 2. The Morgan fingerprint density at radius 3 is 2.34 bits per heavy atom. The highest BCUT2D eigenvalue weighted by Gasteiger charge is 2.45. The first-order valence-corrected chi connectivity index (χ1v) is 25.9. The molecule has 0 bridgehead atoms. The summed E-state index contributed by atoms with van der Waals surface area (Å²) in [6.45, 7) is 5.21. The molecule has 4 heterocycles. The number of alkyl carbamates (subject to hydrolysis) is 1. The minimum Gasteiger partial charge on any atom is -0.444 e. The maximum atomic E-state index is 14.8. The van der Waals surface area contributed by atoms with E-state index in [4.69, 9.17) is 10.5 Å². The van der Waals surface area contributed by atoms with Crippen LogP contribution in [0.5, 0.6) is 0 Å². The van der Waals surface area contributed by atoms with Crippen LogP contribution in [0.3, 0.4) is 0 Å². The van der Waals surface area contributed by atoms with Crippen molar-refractivity contribution in [1.82, 2.24) is 30.4 Å². The van der Waals surface area contributed by atoms with E-state index >= 15 is 0 Å². The molecule has 1 saturated heterocycles. The van der Waals surface area contributed by atoms with E-state index in [1.54, 1.807) is 32.4 Å². The molecule has 7 amide bonds. The van der Waals surface area contributed by atoms with Gasteiger partial charge in [-0.25, -0.2) is 9.59 Å². The molecule has 1 aromatic heterocycles. The van der Waals surface area contributed by atoms with Crippen LogP contribution < -0.4 is 37.6 Å². The minimum absolute atomic E-state index is 0.0690. The molecular formula is C57H66N8O9. The molecule has 17 heteroatoms. The van der Waals surface area contributed by atoms with Crippen molar-refractivity contribution < 1.29 is 38.3 Å². The largest absolute Gasteiger partial charge is 0.444 e. The fraction of sp³-hybridized carbons (Fsp3) is 0.439. The number of anilines is 1. The Morgan fingerprint density at radius 2 is 1.64 bits per heavy atom. The molecule has 2 aliphatic carbocycles. The monoisotopic (exact) mass is 1010 g/mol. The highest BCUT2D eigenvalue weighted by Crippen LogP contribution is 2.42. The lowest BCUT2D eigenvalue weighted by molar-refractivity contribution is -0.136. The number of hydrogen-bond donors (Lipinski definition) is 5. The molecule has 5 atom stereocenters. The lowest BCUT2D eigenvalue weighted by Crippen LogP contribution is -2.57. The van der Waals surface area contributed by atoms with Crippen LogP contribution in [0.1, 0.15) is 131 Å². The van der Waals surface area contributed by atoms with Crippen LogP contribution in [0.15, 0.2) is 94.8 Å². The van der Waals surface area contributed by atoms with Crippen molar-refractivity contribution in [3.05, 3.63) is 128 Å². The summed E-state index contributed by atoms with van der Waals surface area (Å²) >= 11 is 0. The van der Waals surface area contributed by atoms with Gasteiger partial charge in [0.15, 0.2) is 0 Å². The topological polar surface area (TPSA) is 233 Å². The van der Waals surface area contributed by atoms with E-state index in [0.717, 1.165) is 83.9 Å². The molecule has 3 aliphatic heterocycles. The number of carbonyl (C=O) groups is 7. The summed E-state index contributed by atoms with van der Waals surface area (Å²) in [5.41, 5.74) is 13.2. The number of nitrogens with one attached hydrogen (secondary N) is 4. The molecule has 3 aromatic carbocycles. The normalized spacial score (nSPS) is 21.5. The smallest absolute Gasteiger partial charge is 0.408 e. The van der Waals surface area contributed by atoms with E-state index in [2.05, 4.69) is 45.6 Å². The van der Waals surface area contributed by atoms with Crippen LogP contribution in [0, 0.1) is 5.92 Å². The van der Waals surface area contributed by atoms with Crippen molar-refractivity contribution >= 4 is 64.3 Å². The first-order valence-electron chi connectivity index (χ1n) is 25.9. The average molecular weight is 1010 g/mol. The molecule has 4 aromatic rings. The third-order valence-corrected chi connectivity index (χ3v) is 14.9. The number of carbonyl (C=O) groups excluding carboxylic acids is 7. The van der Waals surface area contributed by atoms with Gasteiger partial charge in [-0.3, -0.25) is 48.1 Å². The zero-order valence-corrected chi connectivity index (χ0v) is 42.5. The van der Waals surface area contributed by atoms with Crippen LogP contribution >= 0.6 is 0 Å². The van der Waals surface area contributed by atoms with Gasteiger partial charge in [0.1, 0.15) is 29.8 Å². The number of nitrogens with two attached hydrogens (primary N) is 1. The number of aromatic nitrogens is 2. The molecule has 9 rings (SSSR count). The van der Waals surface area contributed by atoms with Gasteiger partial charge in [0, 0.05) is 26.3 Å². The Morgan fingerprint density at radius 1 is 0.878 bits per heavy atom. The van der Waals surface area contributed by atoms with Crippen molar-refractivity contribution in [3.63, 3.8) is 0 Å². The van der Waals surface area contributed by atoms with Crippen LogP contribution in [0.2, 0.25) is 0 Å². The predicted octanol–water partition coefficient (Wildman–Crippen LogP) is 6.12. The number of fused-ring (bicyclic) bond motifs is 1. The van der Waals surface area contributed by atoms with E-state index in [9.17, 15) is 38.4 Å². The van der Waals surface area contributed by atoms with Crippen LogP contribution in [-0.2, 0) is 59.8 Å². The number of imide groups is 1. The minimum atomic E-state index is -1.17. The van der Waals surface area contributed by atoms with E-state index in [0.29, 0.717) is 23.5 Å². The molecule has 74 heavy (non-hydrogen) atoms. The lowest BCUT2D eigenvalue weighted by atomic mass is 9.81. The number of amides is 7. The van der Waals surface area contributed by atoms with Gasteiger partial charge in [-0.05, 0) is 155 Å². The Labute approximate surface area is 430 Å². The number of piperidine rings is 1. The van der Waals surface area contributed by atoms with E-state index in [-0.39, 0.29) is 50.1 Å². The number of rotatable bonds is 14. The summed E-state index contributed by atoms with van der Waals surface area (Å²) in [5.74, 6) is -2.58. The number of allylic oxidation sites excluding steroid dienone is 3. The van der Waals surface area contributed by atoms with Crippen molar-refractivity contribution in [1.29, 1.82) is 0 Å². The second kappa shape index (κ2) is 21.5. The third-order valence-electron chi connectivity index (χ3n) is 14.9. The fourth-order valence-electron chi connectivity index (χ4n) is 11.3. The first-order chi connectivity index (χ1) is 35.4. The predicted molar refractivity (Wildman–Crippen MR) is 279 cm³/mol. The molecule has 6 N–H and O–H groups in total. The second-order valence-corrected chi connectivity index (χ2v) is 21.4. The average Bonchev–Trinajstić information content (AvgIpc) is 3.83. The van der Waals surface area contributed by atoms with Gasteiger partial charge in [-0.15, -0.1) is 0 Å². The molecule has 388 valence electrons. The maximum Gasteiger partial charge on any atom is 0.408 e. The van der Waals surface area contributed by atoms with E-state index in [1.165, 1.54) is 15.0 Å². The molecule has 2 fully saturated rings. The summed E-state index contributed by atoms with van der Waals surface area (Å²) in [4.78, 5) is 109. The molecular weight excluding hydrogens is 941 g/mol. The Bertz CT molecular complexity index is 3060. The van der Waals surface area contributed by atoms with Gasteiger partial charge in [0.2, 0.25) is 35.4 Å². The van der Waals surface area contributed by atoms with Crippen molar-refractivity contribution in [2.45, 2.75) is 146 Å². The number of hydrogen-bond acceptors (Lipinski definition) is 9. The van der Waals surface area contributed by atoms with Crippen LogP contribution in [0.25, 0.3) is 17.1 Å². The fourth-order valence-corrected chi connectivity index (χ4v) is 11.3. The highest BCUT2D eigenvalue weighted by molar-refractivity contribution is 6.08. The Balaban J connectivity index is 0.937. The zero-order chi connectivity index (χ0) is 52.4. The van der Waals surface area contributed by atoms with Gasteiger partial charge < -0.3 is 26.4 Å². The summed E-state index contributed by atoms with van der Waals surface area (Å²) in [6.07, 6.45) is 14.8. The molecule has 5 aliphatic rings. The number of nitrogens with zero attached hydrogens (tertiary/aromatic N) is 3. The number of benzene rings is 3. The van der Waals surface area contributed by atoms with Crippen molar-refractivity contribution in [3.8, 4) is 0 Å². The van der Waals surface area contributed by atoms with Crippen molar-refractivity contribution in [2.75, 3.05) is 4.90 Å². The van der Waals surface area contributed by atoms with Crippen LogP contribution in [0.4, 0.5) is 10.5 Å². The summed E-state index contributed by atoms with van der Waals surface area (Å²) < 4.78 is 8.63. The first kappa shape index (κ1) is 51.3. The highest BCUT2D eigenvalue weighted by atomic mass is 16.6. The third kappa shape index (κ3) is 11.3. The van der Waals surface area contributed by atoms with E-state index in [1.807, 2.05) is 60.7 Å². The number of ether oxygens (including phenoxy) is 1. The van der Waals surface area contributed by atoms with Gasteiger partial charge in [0.05, 0.1) is 22.8 Å². The summed E-state index contributed by atoms with van der Waals surface area (Å²) in [6, 6.07) is 15.0. The Kier molecular flexibility index (Phi) is 14.9. The number of imidazole rings is 1. The van der Waals surface area contributed by atoms with Gasteiger partial charge in [-0.1, -0.05) is 66.3 Å². The zero-order valence-electron chi connectivity index (χ0n) is 42.5. The SMILES string of the molecule is Cn1c(=O)n(C2CCC(=O)NC2=O)c2ccc(CC3CCC(=Cc4cc5c6c(c4)C[C@@H](C(=O)N[C@@H](CCC(N)=O)C(=O)NC(C4=CCCC=C4)c4ccccc4)N6C(=O)[C@@H](NC(=O)OC(C)(C)C)CC5)CC3)cc21. The molecule has 0 radical (unpaired) electrons. The van der Waals surface area contributed by atoms with Crippen molar-refractivity contribution in [2.24, 2.45) is 18.7 Å². The molecule has 2 unspecified atom stereocenters. The quantitative estimate of drug-likeness (QED) is 0.0916. The van der Waals surface area contributed by atoms with Gasteiger partial charge in [-0.2, -0.15) is 0 Å². The lowest BCUT2D eigenvalue weighted by Gasteiger charge is -2.30. The molecule has 17 nitrogen and oxygen atoms in total. The Hall–Kier alpha value is -7.56. The molecule has 1 saturated carbocycles. The standard InChI is InChI=1S/C57H66N8O9/c1-57(2,3)74-55(72)60-42-21-20-39-29-36(28-34-17-15-33(16-18-34)27-35-19-23-43-45(31-35)63(4)56(73)64(43)44-24-26-48(67)61-52(44)69)30-40-32-46(65(50(39)40)54(42)71)53(70)59-41(22-25-47(58)66)51(68)62-49(37-11-7-5-8-12-37)38-13-9-6-10-14-38/h5,7-9,11-14,19,23,28-31,33,41-42,44,46,49H,6,10,15-18,20-22,24-27,32H2,1-4H3,(H2,58,66)(H,59,70)(H,60,72)(H,62,68)(H,61,67,69)/t33?,41-,42-,44?,46-,49?/m0/s1. The van der Waals surface area contributed by atoms with Crippen LogP contribution in [-0.4, -0.2) is 74.4 Å². The van der Waals surface area contributed by atoms with Gasteiger partial charge in [0.25, 0.3) is 0 Å².